The molecule has 0 unspecified atom stereocenters. The van der Waals surface area contributed by atoms with Crippen molar-refractivity contribution in [1.29, 1.82) is 0 Å². The lowest BCUT2D eigenvalue weighted by Gasteiger charge is -2.15. The van der Waals surface area contributed by atoms with Crippen LogP contribution in [0.2, 0.25) is 0 Å². The van der Waals surface area contributed by atoms with Gasteiger partial charge in [-0.3, -0.25) is 4.57 Å². The normalized spacial score (nSPS) is 15.7. The van der Waals surface area contributed by atoms with Crippen molar-refractivity contribution < 1.29 is 44.4 Å². The predicted octanol–water partition coefficient (Wildman–Crippen LogP) is 6.50. The monoisotopic (exact) mass is 500 g/mol. The maximum atomic E-state index is 13.5. The maximum absolute atomic E-state index is 13.5. The first-order valence-electron chi connectivity index (χ1n) is 9.95. The Hall–Kier alpha value is -3.06. The second-order valence-electron chi connectivity index (χ2n) is 7.32. The first kappa shape index (κ1) is 25.6. The molecule has 1 aromatic carbocycles. The molecule has 1 saturated carbocycles. The van der Waals surface area contributed by atoms with E-state index in [0.717, 1.165) is 17.4 Å². The lowest BCUT2D eigenvalue weighted by Crippen LogP contribution is -2.28. The van der Waals surface area contributed by atoms with Crippen LogP contribution in [0.3, 0.4) is 0 Å². The number of hydrogen-bond acceptors (Lipinski definition) is 4. The van der Waals surface area contributed by atoms with Crippen molar-refractivity contribution in [3.05, 3.63) is 46.7 Å². The van der Waals surface area contributed by atoms with Gasteiger partial charge >= 0.3 is 18.5 Å². The van der Waals surface area contributed by atoms with Gasteiger partial charge in [0.05, 0.1) is 22.5 Å². The Morgan fingerprint density at radius 2 is 1.56 bits per heavy atom. The van der Waals surface area contributed by atoms with E-state index in [-0.39, 0.29) is 12.6 Å². The van der Waals surface area contributed by atoms with Crippen LogP contribution in [0, 0.1) is 0 Å². The number of hydrogen-bond donors (Lipinski definition) is 0. The van der Waals surface area contributed by atoms with Gasteiger partial charge in [-0.2, -0.15) is 39.5 Å². The molecular formula is C20H17F9N4O. The zero-order valence-electron chi connectivity index (χ0n) is 17.4. The summed E-state index contributed by atoms with van der Waals surface area (Å²) in [5.74, 6) is -0.483. The quantitative estimate of drug-likeness (QED) is 0.356. The molecule has 0 N–H and O–H groups in total. The Morgan fingerprint density at radius 1 is 0.912 bits per heavy atom. The fraction of sp³-hybridized carbons (Fsp3) is 0.450. The van der Waals surface area contributed by atoms with Crippen LogP contribution in [0.5, 0.6) is 5.88 Å². The van der Waals surface area contributed by atoms with Crippen molar-refractivity contribution in [1.82, 2.24) is 9.55 Å². The topological polar surface area (TPSA) is 51.8 Å². The molecule has 3 rings (SSSR count). The minimum Gasteiger partial charge on any atom is -0.338 e. The van der Waals surface area contributed by atoms with E-state index < -0.39 is 52.5 Å². The molecule has 0 radical (unpaired) electrons. The van der Waals surface area contributed by atoms with Gasteiger partial charge in [-0.25, -0.2) is 9.98 Å². The van der Waals surface area contributed by atoms with Crippen LogP contribution < -0.4 is 10.5 Å². The smallest absolute Gasteiger partial charge is 0.338 e. The predicted molar refractivity (Wildman–Crippen MR) is 101 cm³/mol. The number of aromatic nitrogens is 2. The summed E-state index contributed by atoms with van der Waals surface area (Å²) in [7, 11) is 0. The molecular weight excluding hydrogens is 483 g/mol. The molecule has 0 saturated heterocycles. The van der Waals surface area contributed by atoms with E-state index >= 15 is 0 Å². The maximum Gasteiger partial charge on any atom is 0.433 e. The van der Waals surface area contributed by atoms with Crippen LogP contribution in [0.4, 0.5) is 45.2 Å². The minimum atomic E-state index is -5.27. The third kappa shape index (κ3) is 5.89. The molecule has 1 aliphatic carbocycles. The van der Waals surface area contributed by atoms with Crippen molar-refractivity contribution in [2.45, 2.75) is 57.7 Å². The minimum absolute atomic E-state index is 0.133. The SMILES string of the molecule is CCn1c(ON=C2CCCC2)cc(C(F)(F)F)nc1=Nc1ccc(C(F)(F)F)cc1C(F)(F)F. The average Bonchev–Trinajstić information content (AvgIpc) is 3.23. The van der Waals surface area contributed by atoms with Crippen molar-refractivity contribution in [2.75, 3.05) is 0 Å². The molecule has 0 aliphatic heterocycles. The summed E-state index contributed by atoms with van der Waals surface area (Å²) >= 11 is 0. The summed E-state index contributed by atoms with van der Waals surface area (Å²) in [6.07, 6.45) is -12.5. The Kier molecular flexibility index (Phi) is 6.99. The molecule has 1 fully saturated rings. The van der Waals surface area contributed by atoms with Gasteiger partial charge in [0.15, 0.2) is 5.69 Å². The highest BCUT2D eigenvalue weighted by molar-refractivity contribution is 5.85. The molecule has 14 heteroatoms. The van der Waals surface area contributed by atoms with E-state index in [0.29, 0.717) is 36.8 Å². The molecule has 186 valence electrons. The second-order valence-corrected chi connectivity index (χ2v) is 7.32. The van der Waals surface area contributed by atoms with Crippen molar-refractivity contribution in [2.24, 2.45) is 10.1 Å². The van der Waals surface area contributed by atoms with Gasteiger partial charge in [0.2, 0.25) is 11.5 Å². The van der Waals surface area contributed by atoms with E-state index in [1.165, 1.54) is 6.92 Å². The largest absolute Gasteiger partial charge is 0.433 e. The summed E-state index contributed by atoms with van der Waals surface area (Å²) in [6, 6.07) is 1.14. The van der Waals surface area contributed by atoms with E-state index in [1.54, 1.807) is 0 Å². The van der Waals surface area contributed by atoms with Crippen molar-refractivity contribution in [3.8, 4) is 5.88 Å². The number of oxime groups is 1. The number of halogens is 9. The molecule has 0 amide bonds. The van der Waals surface area contributed by atoms with E-state index in [2.05, 4.69) is 15.1 Å². The number of alkyl halides is 9. The average molecular weight is 500 g/mol. The molecule has 2 aromatic rings. The van der Waals surface area contributed by atoms with Crippen LogP contribution in [-0.4, -0.2) is 15.3 Å². The summed E-state index contributed by atoms with van der Waals surface area (Å²) in [4.78, 5) is 12.0. The van der Waals surface area contributed by atoms with Crippen LogP contribution in [-0.2, 0) is 25.1 Å². The fourth-order valence-corrected chi connectivity index (χ4v) is 3.23. The second kappa shape index (κ2) is 9.29. The Labute approximate surface area is 186 Å². The highest BCUT2D eigenvalue weighted by Crippen LogP contribution is 2.40. The molecule has 1 heterocycles. The third-order valence-electron chi connectivity index (χ3n) is 4.89. The lowest BCUT2D eigenvalue weighted by molar-refractivity contribution is -0.143. The van der Waals surface area contributed by atoms with Gasteiger partial charge in [-0.05, 0) is 50.8 Å². The Bertz CT molecular complexity index is 1140. The number of benzene rings is 1. The fourth-order valence-electron chi connectivity index (χ4n) is 3.23. The molecule has 0 spiro atoms. The van der Waals surface area contributed by atoms with Crippen molar-refractivity contribution in [3.63, 3.8) is 0 Å². The Balaban J connectivity index is 2.24. The number of rotatable bonds is 4. The van der Waals surface area contributed by atoms with Gasteiger partial charge in [0, 0.05) is 12.6 Å². The van der Waals surface area contributed by atoms with Crippen LogP contribution in [0.15, 0.2) is 34.4 Å². The highest BCUT2D eigenvalue weighted by atomic mass is 19.4. The van der Waals surface area contributed by atoms with Crippen molar-refractivity contribution >= 4 is 11.4 Å². The number of nitrogens with zero attached hydrogens (tertiary/aromatic N) is 4. The summed E-state index contributed by atoms with van der Waals surface area (Å²) in [5, 5.41) is 3.82. The van der Waals surface area contributed by atoms with Crippen LogP contribution >= 0.6 is 0 Å². The van der Waals surface area contributed by atoms with Crippen LogP contribution in [0.1, 0.15) is 49.4 Å². The lowest BCUT2D eigenvalue weighted by atomic mass is 10.1. The van der Waals surface area contributed by atoms with Gasteiger partial charge in [0.25, 0.3) is 0 Å². The molecule has 34 heavy (non-hydrogen) atoms. The molecule has 0 bridgehead atoms. The standard InChI is InChI=1S/C20H17F9N4O/c1-2-33-16(34-32-12-5-3-4-6-12)10-15(20(27,28)29)31-17(33)30-14-8-7-11(18(21,22)23)9-13(14)19(24,25)26/h7-10H,2-6H2,1H3. The Morgan fingerprint density at radius 3 is 2.09 bits per heavy atom. The van der Waals surface area contributed by atoms with Gasteiger partial charge in [-0.1, -0.05) is 5.16 Å². The summed E-state index contributed by atoms with van der Waals surface area (Å²) < 4.78 is 120. The van der Waals surface area contributed by atoms with Gasteiger partial charge < -0.3 is 4.84 Å². The summed E-state index contributed by atoms with van der Waals surface area (Å²) in [5.41, 5.74) is -6.16. The van der Waals surface area contributed by atoms with E-state index in [4.69, 9.17) is 4.84 Å². The third-order valence-corrected chi connectivity index (χ3v) is 4.89. The zero-order chi connectivity index (χ0) is 25.3. The molecule has 1 aliphatic rings. The molecule has 1 aromatic heterocycles. The first-order valence-corrected chi connectivity index (χ1v) is 9.95. The highest BCUT2D eigenvalue weighted by Gasteiger charge is 2.39. The van der Waals surface area contributed by atoms with E-state index in [9.17, 15) is 39.5 Å². The van der Waals surface area contributed by atoms with Crippen LogP contribution in [0.25, 0.3) is 0 Å². The zero-order valence-corrected chi connectivity index (χ0v) is 17.4. The van der Waals surface area contributed by atoms with E-state index in [1.807, 2.05) is 0 Å². The van der Waals surface area contributed by atoms with Gasteiger partial charge in [-0.15, -0.1) is 0 Å². The molecule has 5 nitrogen and oxygen atoms in total. The molecule has 0 atom stereocenters. The summed E-state index contributed by atoms with van der Waals surface area (Å²) in [6.45, 7) is 1.31. The van der Waals surface area contributed by atoms with Gasteiger partial charge in [0.1, 0.15) is 0 Å². The first-order chi connectivity index (χ1) is 15.7.